The number of hydrogen-bond donors (Lipinski definition) is 3. The van der Waals surface area contributed by atoms with Gasteiger partial charge in [-0.25, -0.2) is 10.4 Å². The maximum atomic E-state index is 11.3. The molecule has 0 fully saturated rings. The van der Waals surface area contributed by atoms with Gasteiger partial charge in [0.2, 0.25) is 5.95 Å². The van der Waals surface area contributed by atoms with Crippen LogP contribution in [0, 0.1) is 17.0 Å². The number of hydrazone groups is 1. The molecule has 0 aliphatic rings. The first-order valence-electron chi connectivity index (χ1n) is 6.33. The Morgan fingerprint density at radius 1 is 1.48 bits per heavy atom. The maximum absolute atomic E-state index is 11.3. The molecule has 120 valence electrons. The second kappa shape index (κ2) is 6.56. The van der Waals surface area contributed by atoms with Gasteiger partial charge in [0, 0.05) is 23.4 Å². The monoisotopic (exact) mass is 319 g/mol. The number of aryl methyl sites for hydroxylation is 1. The number of aromatic nitrogens is 2. The first-order chi connectivity index (χ1) is 10.9. The van der Waals surface area contributed by atoms with Crippen LogP contribution in [0.15, 0.2) is 28.1 Å². The predicted octanol–water partition coefficient (Wildman–Crippen LogP) is 1.15. The van der Waals surface area contributed by atoms with Crippen molar-refractivity contribution in [3.8, 4) is 11.5 Å². The number of benzene rings is 1. The first kappa shape index (κ1) is 15.9. The number of phenols is 1. The number of phenolic OH excluding ortho intramolecular Hbond substituents is 1. The molecule has 0 aliphatic heterocycles. The van der Waals surface area contributed by atoms with Crippen LogP contribution in [-0.2, 0) is 0 Å². The molecule has 1 aromatic heterocycles. The molecule has 2 rings (SSSR count). The Kier molecular flexibility index (Phi) is 4.55. The Hall–Kier alpha value is -3.43. The van der Waals surface area contributed by atoms with Crippen molar-refractivity contribution in [1.29, 1.82) is 0 Å². The Bertz CT molecular complexity index is 830. The topological polar surface area (TPSA) is 143 Å². The molecule has 0 atom stereocenters. The van der Waals surface area contributed by atoms with E-state index in [2.05, 4.69) is 20.5 Å². The van der Waals surface area contributed by atoms with Gasteiger partial charge in [0.1, 0.15) is 0 Å². The molecule has 0 amide bonds. The average Bonchev–Trinajstić information content (AvgIpc) is 2.47. The summed E-state index contributed by atoms with van der Waals surface area (Å²) in [4.78, 5) is 27.9. The molecule has 23 heavy (non-hydrogen) atoms. The molecule has 0 spiro atoms. The average molecular weight is 319 g/mol. The highest BCUT2D eigenvalue weighted by molar-refractivity contribution is 5.86. The van der Waals surface area contributed by atoms with Crippen molar-refractivity contribution < 1.29 is 14.8 Å². The third-order valence-corrected chi connectivity index (χ3v) is 2.76. The Labute approximate surface area is 129 Å². The summed E-state index contributed by atoms with van der Waals surface area (Å²) in [7, 11) is 1.28. The van der Waals surface area contributed by atoms with Crippen LogP contribution in [0.1, 0.15) is 11.3 Å². The SMILES string of the molecule is COc1cc([N+](=O)[O-])cc(/C=N/Nc2nc(C)cc(=O)[nH]2)c1O. The number of aromatic hydroxyl groups is 1. The van der Waals surface area contributed by atoms with E-state index in [0.717, 1.165) is 18.3 Å². The number of ether oxygens (including phenoxy) is 1. The second-order valence-electron chi connectivity index (χ2n) is 4.45. The highest BCUT2D eigenvalue weighted by Gasteiger charge is 2.15. The number of anilines is 1. The molecule has 2 aromatic rings. The van der Waals surface area contributed by atoms with Crippen molar-refractivity contribution in [2.45, 2.75) is 6.92 Å². The van der Waals surface area contributed by atoms with E-state index in [4.69, 9.17) is 4.74 Å². The fourth-order valence-corrected chi connectivity index (χ4v) is 1.77. The molecule has 0 saturated carbocycles. The molecule has 0 aliphatic carbocycles. The van der Waals surface area contributed by atoms with Gasteiger partial charge in [-0.05, 0) is 6.92 Å². The molecular weight excluding hydrogens is 306 g/mol. The molecule has 1 heterocycles. The molecule has 0 unspecified atom stereocenters. The summed E-state index contributed by atoms with van der Waals surface area (Å²) in [5.41, 5.74) is 2.42. The lowest BCUT2D eigenvalue weighted by atomic mass is 10.2. The zero-order valence-electron chi connectivity index (χ0n) is 12.2. The maximum Gasteiger partial charge on any atom is 0.274 e. The van der Waals surface area contributed by atoms with Gasteiger partial charge >= 0.3 is 0 Å². The predicted molar refractivity (Wildman–Crippen MR) is 82.1 cm³/mol. The van der Waals surface area contributed by atoms with E-state index >= 15 is 0 Å². The lowest BCUT2D eigenvalue weighted by Crippen LogP contribution is -2.10. The number of methoxy groups -OCH3 is 1. The molecule has 0 saturated heterocycles. The van der Waals surface area contributed by atoms with E-state index in [0.29, 0.717) is 5.69 Å². The van der Waals surface area contributed by atoms with Gasteiger partial charge in [0.15, 0.2) is 11.5 Å². The molecule has 0 radical (unpaired) electrons. The van der Waals surface area contributed by atoms with Gasteiger partial charge in [-0.15, -0.1) is 0 Å². The number of nitrogens with zero attached hydrogens (tertiary/aromatic N) is 3. The van der Waals surface area contributed by atoms with E-state index in [1.807, 2.05) is 0 Å². The Balaban J connectivity index is 2.29. The minimum absolute atomic E-state index is 0.0530. The van der Waals surface area contributed by atoms with Gasteiger partial charge in [-0.1, -0.05) is 0 Å². The quantitative estimate of drug-likeness (QED) is 0.426. The van der Waals surface area contributed by atoms with Crippen LogP contribution in [-0.4, -0.2) is 33.3 Å². The highest BCUT2D eigenvalue weighted by atomic mass is 16.6. The number of hydrogen-bond acceptors (Lipinski definition) is 8. The molecule has 0 bridgehead atoms. The summed E-state index contributed by atoms with van der Waals surface area (Å²) in [6.45, 7) is 1.64. The van der Waals surface area contributed by atoms with Crippen molar-refractivity contribution in [3.05, 3.63) is 49.9 Å². The molecular formula is C13H13N5O5. The fraction of sp³-hybridized carbons (Fsp3) is 0.154. The largest absolute Gasteiger partial charge is 0.504 e. The number of nitro benzene ring substituents is 1. The highest BCUT2D eigenvalue weighted by Crippen LogP contribution is 2.33. The molecule has 10 heteroatoms. The second-order valence-corrected chi connectivity index (χ2v) is 4.45. The fourth-order valence-electron chi connectivity index (χ4n) is 1.77. The number of non-ortho nitro benzene ring substituents is 1. The summed E-state index contributed by atoms with van der Waals surface area (Å²) in [6.07, 6.45) is 1.15. The van der Waals surface area contributed by atoms with Crippen LogP contribution in [0.3, 0.4) is 0 Å². The molecule has 1 aromatic carbocycles. The summed E-state index contributed by atoms with van der Waals surface area (Å²) < 4.78 is 4.88. The minimum Gasteiger partial charge on any atom is -0.504 e. The van der Waals surface area contributed by atoms with Crippen LogP contribution in [0.25, 0.3) is 0 Å². The summed E-state index contributed by atoms with van der Waals surface area (Å²) >= 11 is 0. The Morgan fingerprint density at radius 2 is 2.22 bits per heavy atom. The zero-order chi connectivity index (χ0) is 17.0. The van der Waals surface area contributed by atoms with Gasteiger partial charge in [-0.3, -0.25) is 19.9 Å². The van der Waals surface area contributed by atoms with E-state index in [1.165, 1.54) is 13.2 Å². The number of nitrogens with one attached hydrogen (secondary N) is 2. The van der Waals surface area contributed by atoms with Crippen molar-refractivity contribution in [3.63, 3.8) is 0 Å². The van der Waals surface area contributed by atoms with E-state index in [-0.39, 0.29) is 34.3 Å². The van der Waals surface area contributed by atoms with Crippen molar-refractivity contribution in [1.82, 2.24) is 9.97 Å². The lowest BCUT2D eigenvalue weighted by Gasteiger charge is -2.06. The minimum atomic E-state index is -0.619. The van der Waals surface area contributed by atoms with E-state index in [9.17, 15) is 20.0 Å². The van der Waals surface area contributed by atoms with Gasteiger partial charge < -0.3 is 9.84 Å². The number of H-pyrrole nitrogens is 1. The van der Waals surface area contributed by atoms with Crippen LogP contribution in [0.4, 0.5) is 11.6 Å². The van der Waals surface area contributed by atoms with Crippen molar-refractivity contribution in [2.75, 3.05) is 12.5 Å². The number of rotatable bonds is 5. The third-order valence-electron chi connectivity index (χ3n) is 2.76. The smallest absolute Gasteiger partial charge is 0.274 e. The van der Waals surface area contributed by atoms with Crippen LogP contribution in [0.5, 0.6) is 11.5 Å². The normalized spacial score (nSPS) is 10.7. The number of aromatic amines is 1. The van der Waals surface area contributed by atoms with Crippen LogP contribution < -0.4 is 15.7 Å². The summed E-state index contributed by atoms with van der Waals surface area (Å²) in [5.74, 6) is -0.250. The van der Waals surface area contributed by atoms with E-state index in [1.54, 1.807) is 6.92 Å². The van der Waals surface area contributed by atoms with Crippen LogP contribution >= 0.6 is 0 Å². The molecule has 10 nitrogen and oxygen atoms in total. The van der Waals surface area contributed by atoms with Crippen molar-refractivity contribution in [2.24, 2.45) is 5.10 Å². The van der Waals surface area contributed by atoms with Crippen LogP contribution in [0.2, 0.25) is 0 Å². The van der Waals surface area contributed by atoms with Gasteiger partial charge in [-0.2, -0.15) is 5.10 Å². The van der Waals surface area contributed by atoms with Gasteiger partial charge in [0.05, 0.1) is 24.3 Å². The first-order valence-corrected chi connectivity index (χ1v) is 6.33. The Morgan fingerprint density at radius 3 is 2.83 bits per heavy atom. The third kappa shape index (κ3) is 3.81. The number of nitro groups is 1. The lowest BCUT2D eigenvalue weighted by molar-refractivity contribution is -0.385. The summed E-state index contributed by atoms with van der Waals surface area (Å²) in [5, 5.41) is 24.6. The van der Waals surface area contributed by atoms with Crippen molar-refractivity contribution >= 4 is 17.9 Å². The van der Waals surface area contributed by atoms with E-state index < -0.39 is 4.92 Å². The molecule has 3 N–H and O–H groups in total. The summed E-state index contributed by atoms with van der Waals surface area (Å²) in [6, 6.07) is 3.54. The van der Waals surface area contributed by atoms with Gasteiger partial charge in [0.25, 0.3) is 11.2 Å². The zero-order valence-corrected chi connectivity index (χ0v) is 12.2. The standard InChI is InChI=1S/C13H13N5O5/c1-7-3-11(19)16-13(15-7)17-14-6-8-4-9(18(21)22)5-10(23-2)12(8)20/h3-6,20H,1-2H3,(H2,15,16,17,19)/b14-6+.